The Balaban J connectivity index is 1.76. The Morgan fingerprint density at radius 2 is 1.96 bits per heavy atom. The van der Waals surface area contributed by atoms with E-state index in [0.717, 1.165) is 11.4 Å². The number of carbonyl (C=O) groups is 2. The summed E-state index contributed by atoms with van der Waals surface area (Å²) < 4.78 is 16.1. The Labute approximate surface area is 152 Å². The Morgan fingerprint density at radius 1 is 1.27 bits per heavy atom. The molecule has 1 unspecified atom stereocenters. The van der Waals surface area contributed by atoms with Gasteiger partial charge >= 0.3 is 0 Å². The molecule has 1 saturated heterocycles. The molecule has 1 aromatic heterocycles. The van der Waals surface area contributed by atoms with Crippen LogP contribution in [0.1, 0.15) is 48.1 Å². The first-order valence-electron chi connectivity index (χ1n) is 8.86. The van der Waals surface area contributed by atoms with Gasteiger partial charge in [0.1, 0.15) is 11.9 Å². The number of aryl methyl sites for hydroxylation is 1. The van der Waals surface area contributed by atoms with Crippen molar-refractivity contribution in [3.05, 3.63) is 53.1 Å². The molecule has 1 aromatic carbocycles. The van der Waals surface area contributed by atoms with Crippen LogP contribution in [0.2, 0.25) is 0 Å². The number of benzene rings is 1. The molecule has 0 saturated carbocycles. The van der Waals surface area contributed by atoms with E-state index in [1.807, 2.05) is 19.9 Å². The Kier molecular flexibility index (Phi) is 4.85. The maximum atomic E-state index is 14.0. The van der Waals surface area contributed by atoms with Crippen molar-refractivity contribution in [2.75, 3.05) is 11.4 Å². The van der Waals surface area contributed by atoms with Crippen LogP contribution in [0.3, 0.4) is 0 Å². The number of hydrogen-bond donors (Lipinski definition) is 1. The molecule has 0 bridgehead atoms. The molecule has 6 heteroatoms. The lowest BCUT2D eigenvalue weighted by Crippen LogP contribution is -2.41. The predicted octanol–water partition coefficient (Wildman–Crippen LogP) is 3.36. The fourth-order valence-electron chi connectivity index (χ4n) is 3.76. The summed E-state index contributed by atoms with van der Waals surface area (Å²) in [7, 11) is 0. The lowest BCUT2D eigenvalue weighted by molar-refractivity contribution is -0.118. The number of hydrogen-bond acceptors (Lipinski definition) is 2. The van der Waals surface area contributed by atoms with Crippen molar-refractivity contribution >= 4 is 17.5 Å². The first-order chi connectivity index (χ1) is 12.3. The molecule has 1 aliphatic heterocycles. The summed E-state index contributed by atoms with van der Waals surface area (Å²) >= 11 is 0. The predicted molar refractivity (Wildman–Crippen MR) is 98.9 cm³/mol. The molecule has 1 atom stereocenters. The average molecular weight is 357 g/mol. The van der Waals surface area contributed by atoms with E-state index in [2.05, 4.69) is 23.7 Å². The minimum Gasteiger partial charge on any atom is -0.346 e. The van der Waals surface area contributed by atoms with Crippen molar-refractivity contribution in [1.29, 1.82) is 0 Å². The molecular weight excluding hydrogens is 333 g/mol. The monoisotopic (exact) mass is 357 g/mol. The molecule has 26 heavy (non-hydrogen) atoms. The minimum atomic E-state index is -0.635. The van der Waals surface area contributed by atoms with Gasteiger partial charge < -0.3 is 14.8 Å². The highest BCUT2D eigenvalue weighted by molar-refractivity contribution is 6.04. The normalized spacial score (nSPS) is 17.2. The van der Waals surface area contributed by atoms with Crippen molar-refractivity contribution in [2.24, 2.45) is 0 Å². The quantitative estimate of drug-likeness (QED) is 0.912. The molecule has 3 rings (SSSR count). The number of nitrogens with one attached hydrogen (secondary N) is 1. The maximum absolute atomic E-state index is 14.0. The number of aromatic nitrogens is 1. The summed E-state index contributed by atoms with van der Waals surface area (Å²) in [6, 6.07) is 7.65. The van der Waals surface area contributed by atoms with Gasteiger partial charge in [-0.3, -0.25) is 9.59 Å². The van der Waals surface area contributed by atoms with Gasteiger partial charge in [0.15, 0.2) is 0 Å². The smallest absolute Gasteiger partial charge is 0.253 e. The third kappa shape index (κ3) is 3.11. The summed E-state index contributed by atoms with van der Waals surface area (Å²) in [6.45, 7) is 8.38. The molecule has 138 valence electrons. The van der Waals surface area contributed by atoms with Gasteiger partial charge in [-0.1, -0.05) is 12.1 Å². The maximum Gasteiger partial charge on any atom is 0.253 e. The van der Waals surface area contributed by atoms with Crippen LogP contribution in [-0.2, 0) is 4.79 Å². The van der Waals surface area contributed by atoms with Crippen molar-refractivity contribution in [3.63, 3.8) is 0 Å². The van der Waals surface area contributed by atoms with E-state index in [1.54, 1.807) is 18.2 Å². The highest BCUT2D eigenvalue weighted by Gasteiger charge is 2.35. The van der Waals surface area contributed by atoms with Gasteiger partial charge in [0.25, 0.3) is 5.91 Å². The van der Waals surface area contributed by atoms with E-state index < -0.39 is 11.9 Å². The van der Waals surface area contributed by atoms with Gasteiger partial charge in [-0.2, -0.15) is 0 Å². The Bertz CT molecular complexity index is 857. The number of nitrogens with zero attached hydrogens (tertiary/aromatic N) is 2. The molecule has 0 radical (unpaired) electrons. The number of para-hydroxylation sites is 1. The van der Waals surface area contributed by atoms with Gasteiger partial charge in [-0.25, -0.2) is 4.39 Å². The number of halogens is 1. The average Bonchev–Trinajstić information content (AvgIpc) is 3.08. The van der Waals surface area contributed by atoms with Crippen molar-refractivity contribution in [1.82, 2.24) is 9.88 Å². The van der Waals surface area contributed by atoms with Crippen LogP contribution in [0.4, 0.5) is 10.1 Å². The third-order valence-corrected chi connectivity index (χ3v) is 4.90. The van der Waals surface area contributed by atoms with Crippen molar-refractivity contribution in [3.8, 4) is 0 Å². The van der Waals surface area contributed by atoms with Crippen LogP contribution in [0.5, 0.6) is 0 Å². The fourth-order valence-corrected chi connectivity index (χ4v) is 3.76. The standard InChI is InChI=1S/C20H24FN3O2/c1-12(2)24-13(3)11-15(14(24)4)19(25)22-17-9-10-23(20(17)26)18-8-6-5-7-16(18)21/h5-8,11-12,17H,9-10H2,1-4H3,(H,22,25). The topological polar surface area (TPSA) is 54.3 Å². The van der Waals surface area contributed by atoms with Gasteiger partial charge in [0.2, 0.25) is 5.91 Å². The van der Waals surface area contributed by atoms with E-state index in [-0.39, 0.29) is 23.5 Å². The number of rotatable bonds is 4. The summed E-state index contributed by atoms with van der Waals surface area (Å²) in [5.41, 5.74) is 2.72. The Morgan fingerprint density at radius 3 is 2.58 bits per heavy atom. The first-order valence-corrected chi connectivity index (χ1v) is 8.86. The summed E-state index contributed by atoms with van der Waals surface area (Å²) in [5, 5.41) is 2.82. The van der Waals surface area contributed by atoms with E-state index in [9.17, 15) is 14.0 Å². The van der Waals surface area contributed by atoms with Crippen LogP contribution in [0.25, 0.3) is 0 Å². The van der Waals surface area contributed by atoms with Gasteiger partial charge in [0.05, 0.1) is 11.3 Å². The van der Waals surface area contributed by atoms with Crippen LogP contribution in [0.15, 0.2) is 30.3 Å². The minimum absolute atomic E-state index is 0.251. The first kappa shape index (κ1) is 18.2. The van der Waals surface area contributed by atoms with E-state index in [0.29, 0.717) is 18.5 Å². The SMILES string of the molecule is Cc1cc(C(=O)NC2CCN(c3ccccc3F)C2=O)c(C)n1C(C)C. The summed E-state index contributed by atoms with van der Waals surface area (Å²) in [4.78, 5) is 26.7. The van der Waals surface area contributed by atoms with Crippen LogP contribution in [-0.4, -0.2) is 29.0 Å². The molecule has 1 aliphatic rings. The van der Waals surface area contributed by atoms with E-state index in [4.69, 9.17) is 0 Å². The lowest BCUT2D eigenvalue weighted by Gasteiger charge is -2.18. The highest BCUT2D eigenvalue weighted by atomic mass is 19.1. The van der Waals surface area contributed by atoms with E-state index in [1.165, 1.54) is 11.0 Å². The summed E-state index contributed by atoms with van der Waals surface area (Å²) in [6.07, 6.45) is 0.460. The second kappa shape index (κ2) is 6.94. The van der Waals surface area contributed by atoms with Crippen LogP contribution in [0, 0.1) is 19.7 Å². The number of anilines is 1. The fraction of sp³-hybridized carbons (Fsp3) is 0.400. The molecule has 1 fully saturated rings. The van der Waals surface area contributed by atoms with E-state index >= 15 is 0 Å². The number of carbonyl (C=O) groups excluding carboxylic acids is 2. The highest BCUT2D eigenvalue weighted by Crippen LogP contribution is 2.25. The Hall–Kier alpha value is -2.63. The molecule has 2 heterocycles. The second-order valence-electron chi connectivity index (χ2n) is 7.00. The zero-order valence-electron chi connectivity index (χ0n) is 15.5. The molecule has 0 aliphatic carbocycles. The van der Waals surface area contributed by atoms with Crippen molar-refractivity contribution in [2.45, 2.75) is 46.2 Å². The van der Waals surface area contributed by atoms with Gasteiger partial charge in [-0.05, 0) is 52.3 Å². The molecule has 2 aromatic rings. The zero-order valence-corrected chi connectivity index (χ0v) is 15.5. The molecule has 1 N–H and O–H groups in total. The lowest BCUT2D eigenvalue weighted by atomic mass is 10.2. The second-order valence-corrected chi connectivity index (χ2v) is 7.00. The van der Waals surface area contributed by atoms with Crippen LogP contribution < -0.4 is 10.2 Å². The molecular formula is C20H24FN3O2. The number of amides is 2. The molecule has 5 nitrogen and oxygen atoms in total. The summed E-state index contributed by atoms with van der Waals surface area (Å²) in [5.74, 6) is -0.979. The van der Waals surface area contributed by atoms with Gasteiger partial charge in [-0.15, -0.1) is 0 Å². The third-order valence-electron chi connectivity index (χ3n) is 4.90. The molecule has 2 amide bonds. The zero-order chi connectivity index (χ0) is 19.0. The van der Waals surface area contributed by atoms with Crippen molar-refractivity contribution < 1.29 is 14.0 Å². The largest absolute Gasteiger partial charge is 0.346 e. The van der Waals surface area contributed by atoms with Crippen LogP contribution >= 0.6 is 0 Å². The molecule has 0 spiro atoms. The van der Waals surface area contributed by atoms with Gasteiger partial charge in [0, 0.05) is 24.0 Å².